The summed E-state index contributed by atoms with van der Waals surface area (Å²) in [5.41, 5.74) is 8.18. The van der Waals surface area contributed by atoms with Crippen LogP contribution < -0.4 is 16.0 Å². The van der Waals surface area contributed by atoms with Gasteiger partial charge in [0.05, 0.1) is 11.4 Å². The smallest absolute Gasteiger partial charge is 0.128 e. The van der Waals surface area contributed by atoms with Crippen molar-refractivity contribution in [3.63, 3.8) is 0 Å². The van der Waals surface area contributed by atoms with Crippen molar-refractivity contribution in [1.82, 2.24) is 5.53 Å². The summed E-state index contributed by atoms with van der Waals surface area (Å²) in [4.78, 5) is 0. The van der Waals surface area contributed by atoms with Crippen molar-refractivity contribution in [1.29, 1.82) is 0 Å². The van der Waals surface area contributed by atoms with Crippen molar-refractivity contribution in [3.8, 4) is 0 Å². The van der Waals surface area contributed by atoms with Crippen molar-refractivity contribution in [2.24, 2.45) is 0 Å². The zero-order valence-corrected chi connectivity index (χ0v) is 6.98. The molecule has 1 aromatic carbocycles. The van der Waals surface area contributed by atoms with Gasteiger partial charge in [-0.15, -0.1) is 5.53 Å². The van der Waals surface area contributed by atoms with Gasteiger partial charge in [-0.2, -0.15) is 0 Å². The molecule has 1 aliphatic rings. The Hall–Kier alpha value is -1.29. The number of benzene rings is 1. The third kappa shape index (κ3) is 0.921. The highest BCUT2D eigenvalue weighted by molar-refractivity contribution is 5.73. The summed E-state index contributed by atoms with van der Waals surface area (Å²) < 4.78 is 13.1. The van der Waals surface area contributed by atoms with Gasteiger partial charge in [0.15, 0.2) is 0 Å². The molecule has 0 saturated heterocycles. The first-order chi connectivity index (χ1) is 5.68. The quantitative estimate of drug-likeness (QED) is 0.611. The van der Waals surface area contributed by atoms with E-state index in [1.165, 1.54) is 6.07 Å². The number of anilines is 2. The Morgan fingerprint density at radius 2 is 2.17 bits per heavy atom. The predicted octanol–water partition coefficient (Wildman–Crippen LogP) is 1.42. The van der Waals surface area contributed by atoms with E-state index in [1.54, 1.807) is 18.0 Å². The van der Waals surface area contributed by atoms with Gasteiger partial charge in [-0.3, -0.25) is 5.01 Å². The minimum atomic E-state index is -0.175. The topological polar surface area (TPSA) is 27.3 Å². The third-order valence-corrected chi connectivity index (χ3v) is 2.00. The van der Waals surface area contributed by atoms with Gasteiger partial charge in [0.25, 0.3) is 0 Å². The van der Waals surface area contributed by atoms with Crippen LogP contribution >= 0.6 is 0 Å². The van der Waals surface area contributed by atoms with Crippen molar-refractivity contribution >= 4 is 11.4 Å². The molecule has 0 aromatic heterocycles. The number of rotatable bonds is 0. The van der Waals surface area contributed by atoms with Crippen molar-refractivity contribution in [3.05, 3.63) is 23.5 Å². The van der Waals surface area contributed by atoms with Crippen LogP contribution in [0.25, 0.3) is 0 Å². The lowest BCUT2D eigenvalue weighted by molar-refractivity contribution is 0.618. The summed E-state index contributed by atoms with van der Waals surface area (Å²) >= 11 is 0. The summed E-state index contributed by atoms with van der Waals surface area (Å²) in [6.07, 6.45) is 0. The molecule has 0 unspecified atom stereocenters. The SMILES string of the molecule is Cc1cc2c(cc1F)N(C)NN2. The molecule has 3 nitrogen and oxygen atoms in total. The molecular weight excluding hydrogens is 157 g/mol. The Labute approximate surface area is 70.1 Å². The van der Waals surface area contributed by atoms with E-state index in [2.05, 4.69) is 11.0 Å². The fraction of sp³-hybridized carbons (Fsp3) is 0.250. The number of hydrogen-bond acceptors (Lipinski definition) is 3. The average molecular weight is 167 g/mol. The average Bonchev–Trinajstić information content (AvgIpc) is 2.35. The van der Waals surface area contributed by atoms with Crippen LogP contribution in [0.5, 0.6) is 0 Å². The molecule has 64 valence electrons. The van der Waals surface area contributed by atoms with Crippen molar-refractivity contribution in [2.75, 3.05) is 17.5 Å². The minimum absolute atomic E-state index is 0.175. The highest BCUT2D eigenvalue weighted by Gasteiger charge is 2.16. The number of aryl methyl sites for hydroxylation is 1. The molecule has 0 spiro atoms. The lowest BCUT2D eigenvalue weighted by Crippen LogP contribution is -2.31. The number of halogens is 1. The fourth-order valence-electron chi connectivity index (χ4n) is 1.25. The largest absolute Gasteiger partial charge is 0.302 e. The Morgan fingerprint density at radius 3 is 2.92 bits per heavy atom. The second-order valence-corrected chi connectivity index (χ2v) is 2.91. The van der Waals surface area contributed by atoms with Crippen LogP contribution in [0, 0.1) is 12.7 Å². The van der Waals surface area contributed by atoms with Crippen molar-refractivity contribution < 1.29 is 4.39 Å². The maximum atomic E-state index is 13.1. The summed E-state index contributed by atoms with van der Waals surface area (Å²) in [6, 6.07) is 3.29. The van der Waals surface area contributed by atoms with Crippen molar-refractivity contribution in [2.45, 2.75) is 6.92 Å². The fourth-order valence-corrected chi connectivity index (χ4v) is 1.25. The zero-order valence-electron chi connectivity index (χ0n) is 6.98. The van der Waals surface area contributed by atoms with E-state index in [9.17, 15) is 4.39 Å². The third-order valence-electron chi connectivity index (χ3n) is 2.00. The molecular formula is C8H10FN3. The first-order valence-electron chi connectivity index (χ1n) is 3.74. The molecule has 1 aromatic rings. The first kappa shape index (κ1) is 7.36. The number of fused-ring (bicyclic) bond motifs is 1. The Morgan fingerprint density at radius 1 is 1.42 bits per heavy atom. The van der Waals surface area contributed by atoms with Gasteiger partial charge in [0.1, 0.15) is 5.82 Å². The molecule has 0 aliphatic carbocycles. The van der Waals surface area contributed by atoms with Gasteiger partial charge in [-0.1, -0.05) is 0 Å². The molecule has 12 heavy (non-hydrogen) atoms. The standard InChI is InChI=1S/C8H10FN3/c1-5-3-7-8(4-6(5)9)12(2)11-10-7/h3-4,10-11H,1-2H3. The minimum Gasteiger partial charge on any atom is -0.302 e. The number of hydrogen-bond donors (Lipinski definition) is 2. The Balaban J connectivity index is 2.56. The van der Waals surface area contributed by atoms with Crippen LogP contribution in [-0.4, -0.2) is 7.05 Å². The molecule has 0 atom stereocenters. The van der Waals surface area contributed by atoms with E-state index in [0.717, 1.165) is 11.4 Å². The molecule has 2 rings (SSSR count). The lowest BCUT2D eigenvalue weighted by Gasteiger charge is -2.09. The number of hydrazine groups is 2. The summed E-state index contributed by atoms with van der Waals surface area (Å²) in [5.74, 6) is -0.175. The highest BCUT2D eigenvalue weighted by Crippen LogP contribution is 2.29. The van der Waals surface area contributed by atoms with Gasteiger partial charge in [0.2, 0.25) is 0 Å². The normalized spacial score (nSPS) is 14.4. The van der Waals surface area contributed by atoms with Crippen LogP contribution in [0.15, 0.2) is 12.1 Å². The van der Waals surface area contributed by atoms with E-state index in [0.29, 0.717) is 5.56 Å². The van der Waals surface area contributed by atoms with E-state index >= 15 is 0 Å². The second-order valence-electron chi connectivity index (χ2n) is 2.91. The molecule has 1 heterocycles. The molecule has 0 saturated carbocycles. The zero-order chi connectivity index (χ0) is 8.72. The van der Waals surface area contributed by atoms with Gasteiger partial charge in [-0.25, -0.2) is 4.39 Å². The van der Waals surface area contributed by atoms with E-state index in [4.69, 9.17) is 0 Å². The Kier molecular flexibility index (Phi) is 1.44. The van der Waals surface area contributed by atoms with E-state index < -0.39 is 0 Å². The number of nitrogens with one attached hydrogen (secondary N) is 2. The molecule has 0 radical (unpaired) electrons. The summed E-state index contributed by atoms with van der Waals surface area (Å²) in [7, 11) is 1.83. The summed E-state index contributed by atoms with van der Waals surface area (Å²) in [6.45, 7) is 1.75. The van der Waals surface area contributed by atoms with Crippen LogP contribution in [0.2, 0.25) is 0 Å². The first-order valence-corrected chi connectivity index (χ1v) is 3.74. The molecule has 1 aliphatic heterocycles. The molecule has 0 amide bonds. The van der Waals surface area contributed by atoms with Gasteiger partial charge < -0.3 is 5.43 Å². The molecule has 0 bridgehead atoms. The van der Waals surface area contributed by atoms with E-state index in [1.807, 2.05) is 7.05 Å². The maximum absolute atomic E-state index is 13.1. The maximum Gasteiger partial charge on any atom is 0.128 e. The molecule has 2 N–H and O–H groups in total. The second kappa shape index (κ2) is 2.35. The van der Waals surface area contributed by atoms with Crippen LogP contribution in [-0.2, 0) is 0 Å². The highest BCUT2D eigenvalue weighted by atomic mass is 19.1. The Bertz CT molecular complexity index is 324. The number of nitrogens with zero attached hydrogens (tertiary/aromatic N) is 1. The predicted molar refractivity (Wildman–Crippen MR) is 46.3 cm³/mol. The summed E-state index contributed by atoms with van der Waals surface area (Å²) in [5, 5.41) is 1.73. The van der Waals surface area contributed by atoms with E-state index in [-0.39, 0.29) is 5.82 Å². The van der Waals surface area contributed by atoms with Crippen LogP contribution in [0.3, 0.4) is 0 Å². The lowest BCUT2D eigenvalue weighted by atomic mass is 10.2. The molecule has 0 fully saturated rings. The monoisotopic (exact) mass is 167 g/mol. The molecule has 4 heteroatoms. The van der Waals surface area contributed by atoms with Crippen LogP contribution in [0.1, 0.15) is 5.56 Å². The van der Waals surface area contributed by atoms with Gasteiger partial charge >= 0.3 is 0 Å². The van der Waals surface area contributed by atoms with Gasteiger partial charge in [-0.05, 0) is 18.6 Å². The van der Waals surface area contributed by atoms with Crippen LogP contribution in [0.4, 0.5) is 15.8 Å². The van der Waals surface area contributed by atoms with Gasteiger partial charge in [0, 0.05) is 13.1 Å².